The Morgan fingerprint density at radius 3 is 0.879 bits per heavy atom. The minimum Gasteiger partial charge on any atom is -0.550 e. The average molecular weight is 474 g/mol. The molecule has 0 radical (unpaired) electrons. The molecule has 0 saturated heterocycles. The van der Waals surface area contributed by atoms with Gasteiger partial charge in [-0.1, -0.05) is 24.3 Å². The molecule has 2 aromatic carbocycles. The Morgan fingerprint density at radius 1 is 0.636 bits per heavy atom. The molecule has 8 N–H and O–H groups in total. The van der Waals surface area contributed by atoms with E-state index in [0.29, 0.717) is 13.1 Å². The predicted molar refractivity (Wildman–Crippen MR) is 110 cm³/mol. The van der Waals surface area contributed by atoms with Crippen LogP contribution in [0.1, 0.15) is 48.4 Å². The molecule has 12 nitrogen and oxygen atoms in total. The number of hydrogen-bond donors (Lipinski definition) is 6. The first kappa shape index (κ1) is 34.3. The Morgan fingerprint density at radius 2 is 0.788 bits per heavy atom. The molecule has 0 aromatic heterocycles. The van der Waals surface area contributed by atoms with Crippen LogP contribution in [-0.4, -0.2) is 63.4 Å². The second-order valence-electron chi connectivity index (χ2n) is 5.38. The summed E-state index contributed by atoms with van der Waals surface area (Å²) in [4.78, 5) is 50.7. The summed E-state index contributed by atoms with van der Waals surface area (Å²) in [7, 11) is 0. The summed E-state index contributed by atoms with van der Waals surface area (Å²) in [6.07, 6.45) is 0. The predicted octanol–water partition coefficient (Wildman–Crippen LogP) is -3.17. The fraction of sp³-hybridized carbons (Fsp3) is 0.150. The van der Waals surface area contributed by atoms with Gasteiger partial charge in [-0.25, -0.2) is 19.2 Å². The van der Waals surface area contributed by atoms with Gasteiger partial charge in [-0.05, 0) is 31.2 Å². The third kappa shape index (κ3) is 16.1. The van der Waals surface area contributed by atoms with Gasteiger partial charge in [0.05, 0.1) is 22.3 Å². The summed E-state index contributed by atoms with van der Waals surface area (Å²) in [6, 6.07) is 11.0. The number of carbonyl (C=O) groups excluding carboxylic acids is 1. The Kier molecular flexibility index (Phi) is 20.2. The zero-order valence-corrected chi connectivity index (χ0v) is 19.9. The van der Waals surface area contributed by atoms with Gasteiger partial charge in [-0.15, -0.1) is 0 Å². The monoisotopic (exact) mass is 474 g/mol. The van der Waals surface area contributed by atoms with Crippen molar-refractivity contribution in [2.45, 2.75) is 6.92 Å². The Labute approximate surface area is 210 Å². The Balaban J connectivity index is -0.000000405. The SMILES string of the molecule is CC(=O)[O-].NCCN.O=C(O)c1ccccc1C(=O)O.O=C(O)c1ccccc1C(=O)O.[Na+]. The second kappa shape index (κ2) is 19.4. The number of hydrogen-bond acceptors (Lipinski definition) is 8. The van der Waals surface area contributed by atoms with Gasteiger partial charge in [-0.2, -0.15) is 0 Å². The summed E-state index contributed by atoms with van der Waals surface area (Å²) in [5.41, 5.74) is 9.05. The molecular formula is C20H23N2NaO10. The fourth-order valence-corrected chi connectivity index (χ4v) is 1.71. The van der Waals surface area contributed by atoms with Crippen LogP contribution in [0, 0.1) is 0 Å². The van der Waals surface area contributed by atoms with E-state index in [2.05, 4.69) is 0 Å². The van der Waals surface area contributed by atoms with Gasteiger partial charge in [0.1, 0.15) is 0 Å². The summed E-state index contributed by atoms with van der Waals surface area (Å²) in [5.74, 6) is -6.00. The van der Waals surface area contributed by atoms with Crippen LogP contribution < -0.4 is 46.1 Å². The maximum Gasteiger partial charge on any atom is 1.00 e. The first-order valence-electron chi connectivity index (χ1n) is 8.59. The van der Waals surface area contributed by atoms with E-state index in [-0.39, 0.29) is 51.8 Å². The van der Waals surface area contributed by atoms with Crippen LogP contribution in [0.2, 0.25) is 0 Å². The number of aliphatic carboxylic acids is 1. The molecule has 0 atom stereocenters. The van der Waals surface area contributed by atoms with E-state index in [1.165, 1.54) is 48.5 Å². The summed E-state index contributed by atoms with van der Waals surface area (Å²) >= 11 is 0. The maximum absolute atomic E-state index is 10.5. The summed E-state index contributed by atoms with van der Waals surface area (Å²) in [5, 5.41) is 43.1. The van der Waals surface area contributed by atoms with E-state index < -0.39 is 29.8 Å². The smallest absolute Gasteiger partial charge is 0.550 e. The first-order chi connectivity index (χ1) is 14.9. The number of carboxylic acid groups (broad SMARTS) is 5. The summed E-state index contributed by atoms with van der Waals surface area (Å²) in [6.45, 7) is 2.17. The van der Waals surface area contributed by atoms with E-state index in [1.807, 2.05) is 0 Å². The zero-order chi connectivity index (χ0) is 25.3. The second-order valence-corrected chi connectivity index (χ2v) is 5.38. The molecule has 0 fully saturated rings. The third-order valence-electron chi connectivity index (χ3n) is 2.94. The standard InChI is InChI=1S/2C8H6O4.C2H8N2.C2H4O2.Na/c2*9-7(10)5-3-1-2-4-6(5)8(11)12;3-1-2-4;1-2(3)4;/h2*1-4H,(H,9,10)(H,11,12);1-4H2;1H3,(H,3,4);/q;;;;+1/p-1. The minimum absolute atomic E-state index is 0. The molecule has 0 amide bonds. The summed E-state index contributed by atoms with van der Waals surface area (Å²) < 4.78 is 0. The molecule has 0 heterocycles. The van der Waals surface area contributed by atoms with Crippen LogP contribution in [0.3, 0.4) is 0 Å². The molecule has 0 bridgehead atoms. The molecule has 174 valence electrons. The van der Waals surface area contributed by atoms with Crippen LogP contribution in [0.25, 0.3) is 0 Å². The Bertz CT molecular complexity index is 795. The molecule has 0 unspecified atom stereocenters. The number of carbonyl (C=O) groups is 5. The van der Waals surface area contributed by atoms with E-state index in [1.54, 1.807) is 0 Å². The van der Waals surface area contributed by atoms with Gasteiger partial charge in [0.2, 0.25) is 0 Å². The van der Waals surface area contributed by atoms with Crippen LogP contribution in [0.15, 0.2) is 48.5 Å². The molecular weight excluding hydrogens is 451 g/mol. The van der Waals surface area contributed by atoms with Crippen molar-refractivity contribution >= 4 is 29.8 Å². The largest absolute Gasteiger partial charge is 1.00 e. The van der Waals surface area contributed by atoms with Gasteiger partial charge in [-0.3, -0.25) is 0 Å². The van der Waals surface area contributed by atoms with Crippen molar-refractivity contribution in [3.8, 4) is 0 Å². The minimum atomic E-state index is -1.23. The normalized spacial score (nSPS) is 8.45. The number of aromatic carboxylic acids is 4. The number of nitrogens with two attached hydrogens (primary N) is 2. The van der Waals surface area contributed by atoms with Crippen molar-refractivity contribution < 1.29 is 79.1 Å². The molecule has 2 aromatic rings. The van der Waals surface area contributed by atoms with Crippen LogP contribution >= 0.6 is 0 Å². The van der Waals surface area contributed by atoms with Crippen molar-refractivity contribution in [2.75, 3.05) is 13.1 Å². The van der Waals surface area contributed by atoms with Crippen LogP contribution in [0.5, 0.6) is 0 Å². The molecule has 0 aliphatic heterocycles. The molecule has 0 spiro atoms. The zero-order valence-electron chi connectivity index (χ0n) is 17.9. The average Bonchev–Trinajstić information content (AvgIpc) is 2.73. The van der Waals surface area contributed by atoms with Crippen molar-refractivity contribution in [1.29, 1.82) is 0 Å². The van der Waals surface area contributed by atoms with Gasteiger partial charge >= 0.3 is 53.4 Å². The van der Waals surface area contributed by atoms with E-state index in [9.17, 15) is 19.2 Å². The van der Waals surface area contributed by atoms with Gasteiger partial charge in [0, 0.05) is 19.1 Å². The molecule has 0 aliphatic rings. The van der Waals surface area contributed by atoms with Crippen molar-refractivity contribution in [3.63, 3.8) is 0 Å². The van der Waals surface area contributed by atoms with Gasteiger partial charge in [0.15, 0.2) is 0 Å². The first-order valence-corrected chi connectivity index (χ1v) is 8.59. The van der Waals surface area contributed by atoms with Gasteiger partial charge < -0.3 is 41.8 Å². The third-order valence-corrected chi connectivity index (χ3v) is 2.94. The molecule has 0 saturated carbocycles. The number of rotatable bonds is 5. The van der Waals surface area contributed by atoms with Crippen molar-refractivity contribution in [3.05, 3.63) is 70.8 Å². The maximum atomic E-state index is 10.5. The fourth-order valence-electron chi connectivity index (χ4n) is 1.71. The van der Waals surface area contributed by atoms with Crippen LogP contribution in [-0.2, 0) is 4.79 Å². The number of benzene rings is 2. The molecule has 2 rings (SSSR count). The van der Waals surface area contributed by atoms with Crippen molar-refractivity contribution in [1.82, 2.24) is 0 Å². The van der Waals surface area contributed by atoms with E-state index in [0.717, 1.165) is 6.92 Å². The quantitative estimate of drug-likeness (QED) is 0.235. The molecule has 13 heteroatoms. The number of carboxylic acids is 5. The molecule has 0 aliphatic carbocycles. The van der Waals surface area contributed by atoms with Crippen LogP contribution in [0.4, 0.5) is 0 Å². The topological polar surface area (TPSA) is 241 Å². The van der Waals surface area contributed by atoms with E-state index in [4.69, 9.17) is 41.8 Å². The molecule has 33 heavy (non-hydrogen) atoms. The van der Waals surface area contributed by atoms with Gasteiger partial charge in [0.25, 0.3) is 0 Å². The van der Waals surface area contributed by atoms with Crippen molar-refractivity contribution in [2.24, 2.45) is 11.5 Å². The van der Waals surface area contributed by atoms with E-state index >= 15 is 0 Å². The Hall–Kier alpha value is -3.29.